The van der Waals surface area contributed by atoms with Crippen molar-refractivity contribution in [1.29, 1.82) is 0 Å². The highest BCUT2D eigenvalue weighted by molar-refractivity contribution is 8.24. The first-order valence-corrected chi connectivity index (χ1v) is 16.2. The number of hydrogen-bond donors (Lipinski definition) is 4. The minimum atomic E-state index is -3.10. The van der Waals surface area contributed by atoms with Crippen molar-refractivity contribution in [3.63, 3.8) is 0 Å². The van der Waals surface area contributed by atoms with E-state index in [9.17, 15) is 19.0 Å². The number of carboxylic acid groups (broad SMARTS) is 1. The summed E-state index contributed by atoms with van der Waals surface area (Å²) < 4.78 is 23.6. The van der Waals surface area contributed by atoms with Gasteiger partial charge in [-0.05, 0) is 62.8 Å². The second-order valence-electron chi connectivity index (χ2n) is 10.9. The van der Waals surface area contributed by atoms with Crippen LogP contribution < -0.4 is 10.2 Å². The molecule has 0 atom stereocenters. The van der Waals surface area contributed by atoms with Crippen molar-refractivity contribution in [3.05, 3.63) is 48.0 Å². The molecule has 1 heterocycles. The summed E-state index contributed by atoms with van der Waals surface area (Å²) in [6.45, 7) is 8.71. The number of para-hydroxylation sites is 1. The number of carbonyl (C=O) groups is 1. The molecule has 0 radical (unpaired) electrons. The molecule has 6 nitrogen and oxygen atoms in total. The average Bonchev–Trinajstić information content (AvgIpc) is 2.97. The van der Waals surface area contributed by atoms with E-state index in [0.717, 1.165) is 66.9 Å². The molecule has 0 aliphatic carbocycles. The molecule has 2 aromatic rings. The Balaban J connectivity index is 2.18. The number of unbranched alkanes of at least 4 members (excludes halogenated alkanes) is 2. The van der Waals surface area contributed by atoms with Crippen LogP contribution in [0.4, 0.5) is 11.4 Å². The number of carboxylic acids is 1. The van der Waals surface area contributed by atoms with E-state index in [1.165, 1.54) is 0 Å². The van der Waals surface area contributed by atoms with Crippen molar-refractivity contribution < 1.29 is 19.0 Å². The van der Waals surface area contributed by atoms with Gasteiger partial charge in [-0.3, -0.25) is 19.2 Å². The highest BCUT2D eigenvalue weighted by atomic mass is 32.3. The van der Waals surface area contributed by atoms with Crippen molar-refractivity contribution in [3.8, 4) is 0 Å². The zero-order chi connectivity index (χ0) is 27.3. The van der Waals surface area contributed by atoms with E-state index >= 15 is 0 Å². The zero-order valence-corrected chi connectivity index (χ0v) is 24.6. The van der Waals surface area contributed by atoms with E-state index in [0.29, 0.717) is 17.2 Å². The lowest BCUT2D eigenvalue weighted by atomic mass is 9.79. The van der Waals surface area contributed by atoms with Crippen LogP contribution in [-0.4, -0.2) is 44.3 Å². The number of aliphatic carboxylic acids is 1. The first kappa shape index (κ1) is 29.8. The van der Waals surface area contributed by atoms with Crippen molar-refractivity contribution in [2.45, 2.75) is 88.1 Å². The van der Waals surface area contributed by atoms with E-state index < -0.39 is 22.1 Å². The maximum Gasteiger partial charge on any atom is 0.323 e. The fourth-order valence-electron chi connectivity index (χ4n) is 5.12. The first-order chi connectivity index (χ1) is 17.5. The van der Waals surface area contributed by atoms with Gasteiger partial charge in [-0.2, -0.15) is 10.6 Å². The van der Waals surface area contributed by atoms with Crippen molar-refractivity contribution >= 4 is 39.7 Å². The topological polar surface area (TPSA) is 93.0 Å². The molecule has 4 N–H and O–H groups in total. The number of benzene rings is 2. The molecule has 3 rings (SSSR count). The third-order valence-corrected chi connectivity index (χ3v) is 10.3. The van der Waals surface area contributed by atoms with E-state index in [1.807, 2.05) is 30.5 Å². The van der Waals surface area contributed by atoms with E-state index in [4.69, 9.17) is 0 Å². The Bertz CT molecular complexity index is 1050. The second kappa shape index (κ2) is 12.4. The number of rotatable bonds is 12. The number of hydrogen-bond acceptors (Lipinski definition) is 6. The SMILES string of the molecule is CCCCC1(CCCC)CN(c2ccccc2)c2cc(SC)c(CNC(C)(C)C(=O)O)cc2S(O)(O)C1. The molecule has 1 aliphatic heterocycles. The highest BCUT2D eigenvalue weighted by Gasteiger charge is 2.42. The van der Waals surface area contributed by atoms with Gasteiger partial charge in [0.15, 0.2) is 0 Å². The van der Waals surface area contributed by atoms with Crippen molar-refractivity contribution in [1.82, 2.24) is 5.32 Å². The molecule has 8 heteroatoms. The van der Waals surface area contributed by atoms with Gasteiger partial charge in [0.2, 0.25) is 0 Å². The highest BCUT2D eigenvalue weighted by Crippen LogP contribution is 2.61. The normalized spacial score (nSPS) is 17.6. The fourth-order valence-corrected chi connectivity index (χ4v) is 7.97. The summed E-state index contributed by atoms with van der Waals surface area (Å²) in [7, 11) is -3.10. The lowest BCUT2D eigenvalue weighted by Gasteiger charge is -2.42. The maximum absolute atomic E-state index is 11.8. The standard InChI is InChI=1S/C29H44N2O4S2/c1-6-8-15-29(16-9-7-2)20-31(23-13-11-10-12-14-23)24-18-25(36-5)22(17-26(24)37(34,35)21-29)19-30-28(3,4)27(32)33/h10-14,17-18,30,34-35H,6-9,15-16,19-21H2,1-5H3,(H,32,33). The summed E-state index contributed by atoms with van der Waals surface area (Å²) in [5.41, 5.74) is 1.44. The number of nitrogens with one attached hydrogen (secondary N) is 1. The lowest BCUT2D eigenvalue weighted by molar-refractivity contribution is -0.143. The summed E-state index contributed by atoms with van der Waals surface area (Å²) in [5.74, 6) is -0.577. The molecule has 0 unspecified atom stereocenters. The molecule has 0 saturated carbocycles. The first-order valence-electron chi connectivity index (χ1n) is 13.3. The van der Waals surface area contributed by atoms with Gasteiger partial charge < -0.3 is 10.0 Å². The lowest BCUT2D eigenvalue weighted by Crippen LogP contribution is -2.46. The zero-order valence-electron chi connectivity index (χ0n) is 22.9. The van der Waals surface area contributed by atoms with Crippen LogP contribution in [0.5, 0.6) is 0 Å². The Morgan fingerprint density at radius 1 is 1.11 bits per heavy atom. The molecular weight excluding hydrogens is 504 g/mol. The van der Waals surface area contributed by atoms with Crippen molar-refractivity contribution in [2.75, 3.05) is 23.5 Å². The smallest absolute Gasteiger partial charge is 0.323 e. The number of fused-ring (bicyclic) bond motifs is 1. The Hall–Kier alpha value is -1.71. The summed E-state index contributed by atoms with van der Waals surface area (Å²) >= 11 is 1.59. The van der Waals surface area contributed by atoms with Crippen LogP contribution in [0, 0.1) is 5.41 Å². The molecule has 206 valence electrons. The molecule has 0 saturated heterocycles. The molecule has 37 heavy (non-hydrogen) atoms. The van der Waals surface area contributed by atoms with Gasteiger partial charge in [0.1, 0.15) is 5.54 Å². The monoisotopic (exact) mass is 548 g/mol. The Labute approximate surface area is 228 Å². The van der Waals surface area contributed by atoms with E-state index in [2.05, 4.69) is 42.3 Å². The summed E-state index contributed by atoms with van der Waals surface area (Å²) in [5, 5.41) is 12.7. The van der Waals surface area contributed by atoms with Gasteiger partial charge in [0.05, 0.1) is 10.6 Å². The summed E-state index contributed by atoms with van der Waals surface area (Å²) in [6.07, 6.45) is 8.14. The minimum Gasteiger partial charge on any atom is -0.480 e. The van der Waals surface area contributed by atoms with Gasteiger partial charge in [0, 0.05) is 34.8 Å². The van der Waals surface area contributed by atoms with Crippen LogP contribution in [0.1, 0.15) is 71.8 Å². The molecule has 2 aromatic carbocycles. The molecule has 0 aromatic heterocycles. The minimum absolute atomic E-state index is 0.219. The van der Waals surface area contributed by atoms with E-state index in [-0.39, 0.29) is 5.41 Å². The van der Waals surface area contributed by atoms with Gasteiger partial charge in [-0.1, -0.05) is 57.7 Å². The summed E-state index contributed by atoms with van der Waals surface area (Å²) in [6, 6.07) is 14.2. The largest absolute Gasteiger partial charge is 0.480 e. The van der Waals surface area contributed by atoms with Gasteiger partial charge in [-0.15, -0.1) is 11.8 Å². The quantitative estimate of drug-likeness (QED) is 0.200. The molecule has 1 aliphatic rings. The molecular formula is C29H44N2O4S2. The van der Waals surface area contributed by atoms with Crippen LogP contribution in [0.15, 0.2) is 52.3 Å². The third kappa shape index (κ3) is 7.03. The molecule has 0 spiro atoms. The predicted octanol–water partition coefficient (Wildman–Crippen LogP) is 7.99. The van der Waals surface area contributed by atoms with Gasteiger partial charge in [-0.25, -0.2) is 0 Å². The maximum atomic E-state index is 11.8. The van der Waals surface area contributed by atoms with Gasteiger partial charge >= 0.3 is 5.97 Å². The molecule has 0 fully saturated rings. The second-order valence-corrected chi connectivity index (χ2v) is 13.8. The van der Waals surface area contributed by atoms with Crippen LogP contribution >= 0.6 is 22.4 Å². The Morgan fingerprint density at radius 2 is 1.73 bits per heavy atom. The van der Waals surface area contributed by atoms with Crippen LogP contribution in [0.3, 0.4) is 0 Å². The Morgan fingerprint density at radius 3 is 2.27 bits per heavy atom. The van der Waals surface area contributed by atoms with E-state index in [1.54, 1.807) is 25.6 Å². The number of thioether (sulfide) groups is 1. The third-order valence-electron chi connectivity index (χ3n) is 7.45. The van der Waals surface area contributed by atoms with Crippen molar-refractivity contribution in [2.24, 2.45) is 5.41 Å². The van der Waals surface area contributed by atoms with Crippen LogP contribution in [0.25, 0.3) is 0 Å². The van der Waals surface area contributed by atoms with Gasteiger partial charge in [0.25, 0.3) is 0 Å². The van der Waals surface area contributed by atoms with Crippen LogP contribution in [0.2, 0.25) is 0 Å². The molecule has 0 bridgehead atoms. The predicted molar refractivity (Wildman–Crippen MR) is 158 cm³/mol. The molecule has 0 amide bonds. The number of nitrogens with zero attached hydrogens (tertiary/aromatic N) is 1. The summed E-state index contributed by atoms with van der Waals surface area (Å²) in [4.78, 5) is 15.5. The number of anilines is 2. The Kier molecular flexibility index (Phi) is 10.0. The fraction of sp³-hybridized carbons (Fsp3) is 0.552. The van der Waals surface area contributed by atoms with Crippen LogP contribution in [-0.2, 0) is 11.3 Å². The average molecular weight is 549 g/mol.